The van der Waals surface area contributed by atoms with E-state index in [9.17, 15) is 43.2 Å². The summed E-state index contributed by atoms with van der Waals surface area (Å²) in [7, 11) is -9.92. The number of esters is 4. The Hall–Kier alpha value is -2.46. The number of ether oxygens (including phenoxy) is 4. The minimum atomic E-state index is -4.96. The van der Waals surface area contributed by atoms with Gasteiger partial charge in [-0.1, -0.05) is 335 Å². The number of hydrogen-bond donors (Lipinski definition) is 3. The SMILES string of the molecule is CCCCCC/C=C\C=C/CCCCCCCC(=O)OC[C@H](COP(=O)(O)OC[C@@H](O)COP(=O)(O)OC[C@@H](COC(=O)CCCCCCCCCCCC)OC(=O)CCCCCCCCCCCCC)OC(=O)CCCCCCCCCCCCCCCCCCCCCC. The van der Waals surface area contributed by atoms with Gasteiger partial charge >= 0.3 is 39.5 Å². The molecule has 0 saturated heterocycles. The Kier molecular flexibility index (Phi) is 69.1. The molecule has 96 heavy (non-hydrogen) atoms. The van der Waals surface area contributed by atoms with Gasteiger partial charge in [-0.15, -0.1) is 0 Å². The number of carbonyl (C=O) groups is 4. The van der Waals surface area contributed by atoms with Crippen molar-refractivity contribution in [1.82, 2.24) is 0 Å². The van der Waals surface area contributed by atoms with Gasteiger partial charge in [-0.25, -0.2) is 9.13 Å². The van der Waals surface area contributed by atoms with Crippen molar-refractivity contribution < 1.29 is 80.2 Å². The fourth-order valence-electron chi connectivity index (χ4n) is 11.4. The fraction of sp³-hybridized carbons (Fsp3) is 0.896. The Morgan fingerprint density at radius 2 is 0.500 bits per heavy atom. The topological polar surface area (TPSA) is 237 Å². The van der Waals surface area contributed by atoms with Crippen molar-refractivity contribution in [2.24, 2.45) is 0 Å². The van der Waals surface area contributed by atoms with Crippen LogP contribution in [0.15, 0.2) is 24.3 Å². The van der Waals surface area contributed by atoms with E-state index in [1.807, 2.05) is 0 Å². The first-order chi connectivity index (χ1) is 46.7. The van der Waals surface area contributed by atoms with Crippen molar-refractivity contribution in [2.45, 2.75) is 406 Å². The Labute approximate surface area is 586 Å². The number of aliphatic hydroxyl groups is 1. The van der Waals surface area contributed by atoms with E-state index in [0.717, 1.165) is 109 Å². The standard InChI is InChI=1S/C77H146O17P2/c1-5-9-13-17-21-25-29-31-33-34-35-36-37-39-41-44-48-52-56-60-64-77(82)94-73(68-88-75(80)62-58-54-50-46-43-40-38-32-30-26-22-18-14-10-6-2)70-92-96(85,86)90-66-71(78)65-89-95(83,84)91-69-72(67-87-74(79)61-57-53-49-45-28-24-20-16-12-8-4)93-76(81)63-59-55-51-47-42-27-23-19-15-11-7-3/h26,30,32,38,71-73,78H,5-25,27-29,31,33-37,39-70H2,1-4H3,(H,83,84)(H,85,86)/b30-26-,38-32-/t71-,72+,73+/m0/s1. The van der Waals surface area contributed by atoms with E-state index in [0.29, 0.717) is 25.7 Å². The summed E-state index contributed by atoms with van der Waals surface area (Å²) in [6, 6.07) is 0. The quantitative estimate of drug-likeness (QED) is 0.0169. The van der Waals surface area contributed by atoms with Gasteiger partial charge in [-0.2, -0.15) is 0 Å². The second-order valence-electron chi connectivity index (χ2n) is 27.1. The molecule has 17 nitrogen and oxygen atoms in total. The predicted molar refractivity (Wildman–Crippen MR) is 391 cm³/mol. The largest absolute Gasteiger partial charge is 0.472 e. The zero-order chi connectivity index (χ0) is 70.4. The summed E-state index contributed by atoms with van der Waals surface area (Å²) in [5.74, 6) is -2.14. The third kappa shape index (κ3) is 70.0. The van der Waals surface area contributed by atoms with Crippen LogP contribution in [0.3, 0.4) is 0 Å². The van der Waals surface area contributed by atoms with Gasteiger partial charge in [-0.05, 0) is 51.4 Å². The summed E-state index contributed by atoms with van der Waals surface area (Å²) < 4.78 is 68.5. The van der Waals surface area contributed by atoms with Gasteiger partial charge in [0, 0.05) is 25.7 Å². The Balaban J connectivity index is 5.24. The number of allylic oxidation sites excluding steroid dienone is 4. The van der Waals surface area contributed by atoms with Crippen molar-refractivity contribution >= 4 is 39.5 Å². The highest BCUT2D eigenvalue weighted by atomic mass is 31.2. The van der Waals surface area contributed by atoms with Crippen LogP contribution in [0.25, 0.3) is 0 Å². The predicted octanol–water partition coefficient (Wildman–Crippen LogP) is 22.6. The van der Waals surface area contributed by atoms with E-state index in [1.165, 1.54) is 199 Å². The van der Waals surface area contributed by atoms with Crippen molar-refractivity contribution in [3.8, 4) is 0 Å². The molecule has 0 saturated carbocycles. The van der Waals surface area contributed by atoms with Crippen LogP contribution in [0.2, 0.25) is 0 Å². The smallest absolute Gasteiger partial charge is 0.462 e. The highest BCUT2D eigenvalue weighted by molar-refractivity contribution is 7.47. The van der Waals surface area contributed by atoms with Gasteiger partial charge in [0.15, 0.2) is 12.2 Å². The van der Waals surface area contributed by atoms with Crippen LogP contribution in [0.5, 0.6) is 0 Å². The van der Waals surface area contributed by atoms with Crippen LogP contribution in [-0.2, 0) is 65.4 Å². The van der Waals surface area contributed by atoms with Crippen molar-refractivity contribution in [2.75, 3.05) is 39.6 Å². The molecule has 5 atom stereocenters. The fourth-order valence-corrected chi connectivity index (χ4v) is 13.0. The Bertz CT molecular complexity index is 1920. The lowest BCUT2D eigenvalue weighted by Crippen LogP contribution is -2.30. The summed E-state index contributed by atoms with van der Waals surface area (Å²) in [4.78, 5) is 72.8. The molecule has 0 aromatic rings. The van der Waals surface area contributed by atoms with Gasteiger partial charge in [-0.3, -0.25) is 37.3 Å². The molecular weight excluding hydrogens is 1260 g/mol. The van der Waals surface area contributed by atoms with Crippen molar-refractivity contribution in [3.63, 3.8) is 0 Å². The molecule has 3 N–H and O–H groups in total. The van der Waals surface area contributed by atoms with Gasteiger partial charge in [0.2, 0.25) is 0 Å². The van der Waals surface area contributed by atoms with Gasteiger partial charge in [0.1, 0.15) is 19.3 Å². The average molecular weight is 1410 g/mol. The van der Waals surface area contributed by atoms with Crippen molar-refractivity contribution in [3.05, 3.63) is 24.3 Å². The number of phosphoric ester groups is 2. The minimum Gasteiger partial charge on any atom is -0.462 e. The number of unbranched alkanes of at least 4 members (excludes halogenated alkanes) is 47. The number of hydrogen-bond acceptors (Lipinski definition) is 15. The van der Waals surface area contributed by atoms with Crippen molar-refractivity contribution in [1.29, 1.82) is 0 Å². The van der Waals surface area contributed by atoms with Gasteiger partial charge in [0.05, 0.1) is 26.4 Å². The molecular formula is C77H146O17P2. The van der Waals surface area contributed by atoms with E-state index in [-0.39, 0.29) is 25.7 Å². The van der Waals surface area contributed by atoms with Gasteiger partial charge in [0.25, 0.3) is 0 Å². The molecule has 566 valence electrons. The lowest BCUT2D eigenvalue weighted by Gasteiger charge is -2.21. The molecule has 0 radical (unpaired) electrons. The number of phosphoric acid groups is 2. The van der Waals surface area contributed by atoms with Crippen LogP contribution < -0.4 is 0 Å². The molecule has 0 rings (SSSR count). The van der Waals surface area contributed by atoms with Crippen LogP contribution in [-0.4, -0.2) is 96.7 Å². The highest BCUT2D eigenvalue weighted by Crippen LogP contribution is 2.45. The van der Waals surface area contributed by atoms with Crippen LogP contribution in [0.1, 0.15) is 387 Å². The summed E-state index contributed by atoms with van der Waals surface area (Å²) in [6.45, 7) is 4.91. The molecule has 19 heteroatoms. The van der Waals surface area contributed by atoms with E-state index in [2.05, 4.69) is 52.0 Å². The molecule has 0 aliphatic heterocycles. The molecule has 0 amide bonds. The van der Waals surface area contributed by atoms with Crippen LogP contribution in [0.4, 0.5) is 0 Å². The van der Waals surface area contributed by atoms with Crippen LogP contribution >= 0.6 is 15.6 Å². The molecule has 0 spiro atoms. The average Bonchev–Trinajstić information content (AvgIpc) is 1.69. The molecule has 0 aromatic carbocycles. The highest BCUT2D eigenvalue weighted by Gasteiger charge is 2.30. The number of rotatable bonds is 76. The van der Waals surface area contributed by atoms with E-state index >= 15 is 0 Å². The zero-order valence-corrected chi connectivity index (χ0v) is 63.6. The molecule has 0 bridgehead atoms. The molecule has 0 aliphatic carbocycles. The normalized spacial score (nSPS) is 14.0. The number of aliphatic hydroxyl groups excluding tert-OH is 1. The van der Waals surface area contributed by atoms with E-state index < -0.39 is 97.5 Å². The maximum atomic E-state index is 13.1. The Morgan fingerprint density at radius 1 is 0.292 bits per heavy atom. The zero-order valence-electron chi connectivity index (χ0n) is 61.8. The summed E-state index contributed by atoms with van der Waals surface area (Å²) in [5, 5.41) is 10.6. The summed E-state index contributed by atoms with van der Waals surface area (Å²) in [6.07, 6.45) is 64.6. The second-order valence-corrected chi connectivity index (χ2v) is 30.0. The van der Waals surface area contributed by atoms with Crippen LogP contribution in [0, 0.1) is 0 Å². The minimum absolute atomic E-state index is 0.102. The monoisotopic (exact) mass is 1410 g/mol. The van der Waals surface area contributed by atoms with Gasteiger partial charge < -0.3 is 33.8 Å². The van der Waals surface area contributed by atoms with E-state index in [1.54, 1.807) is 0 Å². The molecule has 0 heterocycles. The maximum Gasteiger partial charge on any atom is 0.472 e. The first-order valence-corrected chi connectivity index (χ1v) is 42.6. The molecule has 2 unspecified atom stereocenters. The molecule has 0 aliphatic rings. The molecule has 0 fully saturated rings. The number of carbonyl (C=O) groups excluding carboxylic acids is 4. The lowest BCUT2D eigenvalue weighted by molar-refractivity contribution is -0.161. The lowest BCUT2D eigenvalue weighted by atomic mass is 10.0. The second kappa shape index (κ2) is 71.0. The molecule has 0 aromatic heterocycles. The third-order valence-corrected chi connectivity index (χ3v) is 19.4. The third-order valence-electron chi connectivity index (χ3n) is 17.5. The summed E-state index contributed by atoms with van der Waals surface area (Å²) >= 11 is 0. The first kappa shape index (κ1) is 93.5. The summed E-state index contributed by atoms with van der Waals surface area (Å²) in [5.41, 5.74) is 0. The van der Waals surface area contributed by atoms with E-state index in [4.69, 9.17) is 37.0 Å². The first-order valence-electron chi connectivity index (χ1n) is 39.6. The maximum absolute atomic E-state index is 13.1. The Morgan fingerprint density at radius 3 is 0.760 bits per heavy atom.